The highest BCUT2D eigenvalue weighted by molar-refractivity contribution is 9.10. The van der Waals surface area contributed by atoms with Crippen LogP contribution in [0.15, 0.2) is 28.7 Å². The third kappa shape index (κ3) is 3.54. The van der Waals surface area contributed by atoms with E-state index in [9.17, 15) is 9.90 Å². The molecule has 1 heterocycles. The minimum atomic E-state index is -0.0299. The van der Waals surface area contributed by atoms with Crippen molar-refractivity contribution in [2.24, 2.45) is 0 Å². The summed E-state index contributed by atoms with van der Waals surface area (Å²) in [5.41, 5.74) is 0.794. The summed E-state index contributed by atoms with van der Waals surface area (Å²) in [6.45, 7) is 1.37. The maximum atomic E-state index is 11.9. The monoisotopic (exact) mass is 312 g/mol. The van der Waals surface area contributed by atoms with Crippen molar-refractivity contribution in [2.75, 3.05) is 25.0 Å². The highest BCUT2D eigenvalue weighted by Gasteiger charge is 2.25. The number of aliphatic hydroxyl groups is 1. The van der Waals surface area contributed by atoms with Gasteiger partial charge in [0.2, 0.25) is 5.91 Å². The summed E-state index contributed by atoms with van der Waals surface area (Å²) in [5, 5.41) is 12.0. The van der Waals surface area contributed by atoms with Gasteiger partial charge in [0.1, 0.15) is 0 Å². The van der Waals surface area contributed by atoms with Crippen molar-refractivity contribution in [3.8, 4) is 0 Å². The molecule has 0 radical (unpaired) electrons. The lowest BCUT2D eigenvalue weighted by atomic mass is 10.2. The number of anilines is 1. The van der Waals surface area contributed by atoms with Crippen LogP contribution >= 0.6 is 15.9 Å². The van der Waals surface area contributed by atoms with Crippen molar-refractivity contribution in [3.05, 3.63) is 28.7 Å². The number of likely N-dealkylation sites (tertiary alicyclic amines) is 1. The van der Waals surface area contributed by atoms with Gasteiger partial charge in [-0.2, -0.15) is 0 Å². The Labute approximate surface area is 115 Å². The largest absolute Gasteiger partial charge is 0.395 e. The topological polar surface area (TPSA) is 52.6 Å². The zero-order chi connectivity index (χ0) is 13.0. The molecule has 2 rings (SSSR count). The van der Waals surface area contributed by atoms with Crippen LogP contribution in [0.4, 0.5) is 5.69 Å². The number of nitrogens with zero attached hydrogens (tertiary/aromatic N) is 1. The lowest BCUT2D eigenvalue weighted by Gasteiger charge is -2.21. The molecular weight excluding hydrogens is 296 g/mol. The van der Waals surface area contributed by atoms with E-state index in [0.29, 0.717) is 6.54 Å². The number of rotatable bonds is 4. The molecule has 5 heteroatoms. The Morgan fingerprint density at radius 1 is 1.44 bits per heavy atom. The van der Waals surface area contributed by atoms with E-state index in [1.807, 2.05) is 29.2 Å². The zero-order valence-electron chi connectivity index (χ0n) is 10.1. The second-order valence-corrected chi connectivity index (χ2v) is 5.42. The molecule has 1 aromatic carbocycles. The average Bonchev–Trinajstić information content (AvgIpc) is 2.79. The Balaban J connectivity index is 1.86. The first-order valence-electron chi connectivity index (χ1n) is 6.09. The number of nitrogens with one attached hydrogen (secondary N) is 1. The first-order valence-corrected chi connectivity index (χ1v) is 6.88. The molecule has 0 unspecified atom stereocenters. The predicted octanol–water partition coefficient (Wildman–Crippen LogP) is 1.84. The van der Waals surface area contributed by atoms with Crippen LogP contribution in [-0.4, -0.2) is 41.7 Å². The summed E-state index contributed by atoms with van der Waals surface area (Å²) in [5.74, 6) is -0.0299. The lowest BCUT2D eigenvalue weighted by molar-refractivity contribution is -0.117. The van der Waals surface area contributed by atoms with Crippen molar-refractivity contribution in [3.63, 3.8) is 0 Å². The molecule has 98 valence electrons. The van der Waals surface area contributed by atoms with Gasteiger partial charge in [0, 0.05) is 16.2 Å². The molecule has 1 aliphatic heterocycles. The maximum Gasteiger partial charge on any atom is 0.238 e. The van der Waals surface area contributed by atoms with Gasteiger partial charge >= 0.3 is 0 Å². The number of hydrogen-bond donors (Lipinski definition) is 2. The lowest BCUT2D eigenvalue weighted by Crippen LogP contribution is -2.38. The zero-order valence-corrected chi connectivity index (χ0v) is 11.7. The van der Waals surface area contributed by atoms with Crippen LogP contribution in [0.2, 0.25) is 0 Å². The van der Waals surface area contributed by atoms with Gasteiger partial charge in [-0.3, -0.25) is 9.69 Å². The first kappa shape index (κ1) is 13.5. The van der Waals surface area contributed by atoms with Crippen molar-refractivity contribution >= 4 is 27.5 Å². The normalized spacial score (nSPS) is 20.0. The van der Waals surface area contributed by atoms with Crippen LogP contribution in [0.1, 0.15) is 12.8 Å². The molecule has 1 amide bonds. The highest BCUT2D eigenvalue weighted by atomic mass is 79.9. The molecular formula is C13H17BrN2O2. The van der Waals surface area contributed by atoms with Crippen LogP contribution in [-0.2, 0) is 4.79 Å². The standard InChI is InChI=1S/C13H17BrN2O2/c14-10-3-5-11(6-4-10)15-13(18)8-16-7-1-2-12(16)9-17/h3-6,12,17H,1-2,7-9H2,(H,15,18)/t12-/m0/s1. The minimum absolute atomic E-state index is 0.0299. The molecule has 4 nitrogen and oxygen atoms in total. The van der Waals surface area contributed by atoms with Crippen LogP contribution in [0.25, 0.3) is 0 Å². The summed E-state index contributed by atoms with van der Waals surface area (Å²) in [6, 6.07) is 7.63. The van der Waals surface area contributed by atoms with Gasteiger partial charge < -0.3 is 10.4 Å². The van der Waals surface area contributed by atoms with Gasteiger partial charge in [-0.05, 0) is 43.7 Å². The van der Waals surface area contributed by atoms with E-state index in [-0.39, 0.29) is 18.6 Å². The Morgan fingerprint density at radius 2 is 2.17 bits per heavy atom. The molecule has 1 aliphatic rings. The Morgan fingerprint density at radius 3 is 2.83 bits per heavy atom. The van der Waals surface area contributed by atoms with Gasteiger partial charge in [0.05, 0.1) is 13.2 Å². The molecule has 1 saturated heterocycles. The molecule has 0 saturated carbocycles. The van der Waals surface area contributed by atoms with Crippen LogP contribution in [0, 0.1) is 0 Å². The molecule has 1 atom stereocenters. The average molecular weight is 313 g/mol. The number of amides is 1. The van der Waals surface area contributed by atoms with E-state index in [1.165, 1.54) is 0 Å². The van der Waals surface area contributed by atoms with Gasteiger partial charge in [-0.1, -0.05) is 15.9 Å². The highest BCUT2D eigenvalue weighted by Crippen LogP contribution is 2.17. The van der Waals surface area contributed by atoms with E-state index in [4.69, 9.17) is 0 Å². The van der Waals surface area contributed by atoms with Gasteiger partial charge in [0.25, 0.3) is 0 Å². The molecule has 0 spiro atoms. The summed E-state index contributed by atoms with van der Waals surface area (Å²) in [4.78, 5) is 13.9. The Kier molecular flexibility index (Phi) is 4.74. The van der Waals surface area contributed by atoms with Crippen LogP contribution in [0.3, 0.4) is 0 Å². The molecule has 1 fully saturated rings. The second kappa shape index (κ2) is 6.31. The second-order valence-electron chi connectivity index (χ2n) is 4.50. The molecule has 0 aliphatic carbocycles. The van der Waals surface area contributed by atoms with Crippen molar-refractivity contribution in [2.45, 2.75) is 18.9 Å². The van der Waals surface area contributed by atoms with Crippen molar-refractivity contribution in [1.82, 2.24) is 4.90 Å². The van der Waals surface area contributed by atoms with Gasteiger partial charge in [0.15, 0.2) is 0 Å². The summed E-state index contributed by atoms with van der Waals surface area (Å²) in [7, 11) is 0. The maximum absolute atomic E-state index is 11.9. The fraction of sp³-hybridized carbons (Fsp3) is 0.462. The van der Waals surface area contributed by atoms with E-state index >= 15 is 0 Å². The number of aliphatic hydroxyl groups excluding tert-OH is 1. The van der Waals surface area contributed by atoms with E-state index in [1.54, 1.807) is 0 Å². The first-order chi connectivity index (χ1) is 8.69. The van der Waals surface area contributed by atoms with Crippen LogP contribution < -0.4 is 5.32 Å². The molecule has 1 aromatic rings. The Hall–Kier alpha value is -0.910. The minimum Gasteiger partial charge on any atom is -0.395 e. The number of hydrogen-bond acceptors (Lipinski definition) is 3. The van der Waals surface area contributed by atoms with Gasteiger partial charge in [-0.25, -0.2) is 0 Å². The smallest absolute Gasteiger partial charge is 0.238 e. The molecule has 18 heavy (non-hydrogen) atoms. The quantitative estimate of drug-likeness (QED) is 0.892. The molecule has 2 N–H and O–H groups in total. The molecule has 0 bridgehead atoms. The van der Waals surface area contributed by atoms with E-state index in [2.05, 4.69) is 21.2 Å². The summed E-state index contributed by atoms with van der Waals surface area (Å²) in [6.07, 6.45) is 2.03. The fourth-order valence-electron chi connectivity index (χ4n) is 2.23. The van der Waals surface area contributed by atoms with E-state index < -0.39 is 0 Å². The Bertz CT molecular complexity index is 408. The third-order valence-corrected chi connectivity index (χ3v) is 3.71. The number of halogens is 1. The number of carbonyl (C=O) groups excluding carboxylic acids is 1. The number of carbonyl (C=O) groups is 1. The summed E-state index contributed by atoms with van der Waals surface area (Å²) >= 11 is 3.35. The fourth-order valence-corrected chi connectivity index (χ4v) is 2.49. The SMILES string of the molecule is O=C(CN1CCC[C@H]1CO)Nc1ccc(Br)cc1. The molecule has 0 aromatic heterocycles. The summed E-state index contributed by atoms with van der Waals surface area (Å²) < 4.78 is 0.986. The van der Waals surface area contributed by atoms with Crippen molar-refractivity contribution < 1.29 is 9.90 Å². The third-order valence-electron chi connectivity index (χ3n) is 3.18. The van der Waals surface area contributed by atoms with E-state index in [0.717, 1.165) is 29.5 Å². The van der Waals surface area contributed by atoms with Crippen molar-refractivity contribution in [1.29, 1.82) is 0 Å². The number of benzene rings is 1. The van der Waals surface area contributed by atoms with Gasteiger partial charge in [-0.15, -0.1) is 0 Å². The van der Waals surface area contributed by atoms with Crippen LogP contribution in [0.5, 0.6) is 0 Å². The predicted molar refractivity (Wildman–Crippen MR) is 74.5 cm³/mol.